The molecule has 2 atom stereocenters. The molecule has 0 aromatic heterocycles. The fourth-order valence-corrected chi connectivity index (χ4v) is 4.06. The molecule has 0 radical (unpaired) electrons. The Morgan fingerprint density at radius 2 is 2.19 bits per heavy atom. The third-order valence-electron chi connectivity index (χ3n) is 4.22. The molecule has 0 aliphatic carbocycles. The van der Waals surface area contributed by atoms with Gasteiger partial charge in [0.15, 0.2) is 6.61 Å². The van der Waals surface area contributed by atoms with E-state index in [1.54, 1.807) is 18.2 Å². The molecule has 9 nitrogen and oxygen atoms in total. The quantitative estimate of drug-likeness (QED) is 0.651. The van der Waals surface area contributed by atoms with E-state index in [1.165, 1.54) is 13.0 Å². The summed E-state index contributed by atoms with van der Waals surface area (Å²) in [6.07, 6.45) is 1.87. The summed E-state index contributed by atoms with van der Waals surface area (Å²) in [6.45, 7) is 2.12. The van der Waals surface area contributed by atoms with Gasteiger partial charge in [-0.25, -0.2) is 13.2 Å². The number of rotatable bonds is 6. The summed E-state index contributed by atoms with van der Waals surface area (Å²) in [6, 6.07) is 5.37. The van der Waals surface area contributed by atoms with Crippen LogP contribution in [0.15, 0.2) is 34.2 Å². The minimum atomic E-state index is -3.68. The molecule has 3 rings (SSSR count). The normalized spacial score (nSPS) is 22.7. The molecule has 0 unspecified atom stereocenters. The average molecular weight is 395 g/mol. The maximum atomic E-state index is 12.1. The molecule has 2 heterocycles. The predicted molar refractivity (Wildman–Crippen MR) is 95.7 cm³/mol. The zero-order chi connectivity index (χ0) is 19.4. The molecule has 27 heavy (non-hydrogen) atoms. The first-order valence-electron chi connectivity index (χ1n) is 8.62. The molecule has 2 aliphatic heterocycles. The minimum Gasteiger partial charge on any atom is -0.454 e. The molecule has 0 saturated carbocycles. The van der Waals surface area contributed by atoms with Gasteiger partial charge in [-0.15, -0.1) is 0 Å². The number of benzene rings is 1. The number of carbonyl (C=O) groups is 2. The Bertz CT molecular complexity index is 861. The molecule has 1 aromatic rings. The SMILES string of the molecule is C[C@H](N=C1NS(=O)(=O)c2ccccc21)C(=O)OCC(=O)NC[C@@H]1CCCO1. The monoisotopic (exact) mass is 395 g/mol. The van der Waals surface area contributed by atoms with Crippen LogP contribution in [0.2, 0.25) is 0 Å². The number of hydrogen-bond donors (Lipinski definition) is 2. The van der Waals surface area contributed by atoms with Gasteiger partial charge in [-0.2, -0.15) is 0 Å². The van der Waals surface area contributed by atoms with Crippen LogP contribution in [0.5, 0.6) is 0 Å². The van der Waals surface area contributed by atoms with Crippen molar-refractivity contribution in [2.75, 3.05) is 19.8 Å². The van der Waals surface area contributed by atoms with Crippen LogP contribution in [0, 0.1) is 0 Å². The van der Waals surface area contributed by atoms with E-state index in [2.05, 4.69) is 15.0 Å². The second-order valence-corrected chi connectivity index (χ2v) is 7.95. The van der Waals surface area contributed by atoms with Crippen molar-refractivity contribution in [2.45, 2.75) is 36.8 Å². The largest absolute Gasteiger partial charge is 0.454 e. The summed E-state index contributed by atoms with van der Waals surface area (Å²) >= 11 is 0. The number of ether oxygens (including phenoxy) is 2. The second kappa shape index (κ2) is 8.05. The van der Waals surface area contributed by atoms with Crippen molar-refractivity contribution < 1.29 is 27.5 Å². The number of amides is 1. The van der Waals surface area contributed by atoms with Crippen LogP contribution in [-0.4, -0.2) is 58.0 Å². The third-order valence-corrected chi connectivity index (χ3v) is 5.62. The Kier molecular flexibility index (Phi) is 5.76. The van der Waals surface area contributed by atoms with Gasteiger partial charge in [-0.1, -0.05) is 12.1 Å². The summed E-state index contributed by atoms with van der Waals surface area (Å²) in [5.41, 5.74) is 0.395. The number of hydrogen-bond acceptors (Lipinski definition) is 7. The Morgan fingerprint density at radius 3 is 2.93 bits per heavy atom. The summed E-state index contributed by atoms with van der Waals surface area (Å²) < 4.78 is 36.7. The topological polar surface area (TPSA) is 123 Å². The van der Waals surface area contributed by atoms with Crippen molar-refractivity contribution in [2.24, 2.45) is 4.99 Å². The minimum absolute atomic E-state index is 0.00503. The molecule has 146 valence electrons. The zero-order valence-corrected chi connectivity index (χ0v) is 15.6. The van der Waals surface area contributed by atoms with Crippen molar-refractivity contribution in [3.05, 3.63) is 29.8 Å². The maximum absolute atomic E-state index is 12.1. The number of sulfonamides is 1. The first-order valence-corrected chi connectivity index (χ1v) is 10.1. The fraction of sp³-hybridized carbons (Fsp3) is 0.471. The highest BCUT2D eigenvalue weighted by Crippen LogP contribution is 2.22. The Hall–Kier alpha value is -2.46. The maximum Gasteiger partial charge on any atom is 0.331 e. The van der Waals surface area contributed by atoms with Crippen LogP contribution in [0.3, 0.4) is 0 Å². The highest BCUT2D eigenvalue weighted by Gasteiger charge is 2.31. The van der Waals surface area contributed by atoms with Crippen LogP contribution in [0.25, 0.3) is 0 Å². The number of nitrogens with one attached hydrogen (secondary N) is 2. The molecule has 1 fully saturated rings. The van der Waals surface area contributed by atoms with E-state index in [1.807, 2.05) is 0 Å². The molecule has 0 spiro atoms. The van der Waals surface area contributed by atoms with Gasteiger partial charge in [-0.3, -0.25) is 14.5 Å². The lowest BCUT2D eigenvalue weighted by Gasteiger charge is -2.12. The Labute approximate surface area is 157 Å². The van der Waals surface area contributed by atoms with Crippen LogP contribution >= 0.6 is 0 Å². The molecule has 0 bridgehead atoms. The van der Waals surface area contributed by atoms with Crippen LogP contribution in [-0.2, 0) is 29.1 Å². The standard InChI is InChI=1S/C17H21N3O6S/c1-11(17(22)26-10-15(21)18-9-12-5-4-8-25-12)19-16-13-6-2-3-7-14(13)27(23,24)20-16/h2-3,6-7,11-12H,4-5,8-10H2,1H3,(H,18,21)(H,19,20)/t11-,12-/m0/s1. The van der Waals surface area contributed by atoms with E-state index in [4.69, 9.17) is 9.47 Å². The predicted octanol–water partition coefficient (Wildman–Crippen LogP) is -0.0480. The van der Waals surface area contributed by atoms with Crippen molar-refractivity contribution >= 4 is 27.7 Å². The molecule has 2 N–H and O–H groups in total. The van der Waals surface area contributed by atoms with Crippen LogP contribution in [0.1, 0.15) is 25.3 Å². The molecule has 1 aromatic carbocycles. The highest BCUT2D eigenvalue weighted by molar-refractivity contribution is 7.90. The van der Waals surface area contributed by atoms with Crippen molar-refractivity contribution in [3.63, 3.8) is 0 Å². The number of amidine groups is 1. The lowest BCUT2D eigenvalue weighted by atomic mass is 10.2. The Morgan fingerprint density at radius 1 is 1.41 bits per heavy atom. The number of aliphatic imine (C=N–C) groups is 1. The summed E-state index contributed by atoms with van der Waals surface area (Å²) in [4.78, 5) is 28.0. The summed E-state index contributed by atoms with van der Waals surface area (Å²) in [5, 5.41) is 2.65. The molecule has 1 amide bonds. The van der Waals surface area contributed by atoms with Crippen molar-refractivity contribution in [1.82, 2.24) is 10.0 Å². The van der Waals surface area contributed by atoms with E-state index in [9.17, 15) is 18.0 Å². The second-order valence-electron chi connectivity index (χ2n) is 6.30. The smallest absolute Gasteiger partial charge is 0.331 e. The van der Waals surface area contributed by atoms with Gasteiger partial charge in [0.25, 0.3) is 15.9 Å². The van der Waals surface area contributed by atoms with Crippen molar-refractivity contribution in [3.8, 4) is 0 Å². The van der Waals surface area contributed by atoms with Gasteiger partial charge < -0.3 is 14.8 Å². The van der Waals surface area contributed by atoms with E-state index in [0.717, 1.165) is 12.8 Å². The van der Waals surface area contributed by atoms with Gasteiger partial charge in [0, 0.05) is 18.7 Å². The van der Waals surface area contributed by atoms with Gasteiger partial charge in [0.1, 0.15) is 11.9 Å². The average Bonchev–Trinajstić information content (AvgIpc) is 3.25. The number of carbonyl (C=O) groups excluding carboxylic acids is 2. The number of fused-ring (bicyclic) bond motifs is 1. The van der Waals surface area contributed by atoms with Gasteiger partial charge in [-0.05, 0) is 31.9 Å². The van der Waals surface area contributed by atoms with E-state index < -0.39 is 34.5 Å². The van der Waals surface area contributed by atoms with Crippen LogP contribution in [0.4, 0.5) is 0 Å². The number of esters is 1. The lowest BCUT2D eigenvalue weighted by Crippen LogP contribution is -2.36. The fourth-order valence-electron chi connectivity index (χ4n) is 2.82. The zero-order valence-electron chi connectivity index (χ0n) is 14.8. The van der Waals surface area contributed by atoms with Crippen LogP contribution < -0.4 is 10.0 Å². The van der Waals surface area contributed by atoms with Crippen molar-refractivity contribution in [1.29, 1.82) is 0 Å². The molecule has 1 saturated heterocycles. The highest BCUT2D eigenvalue weighted by atomic mass is 32.2. The third kappa shape index (κ3) is 4.64. The van der Waals surface area contributed by atoms with E-state index in [-0.39, 0.29) is 16.8 Å². The first kappa shape index (κ1) is 19.3. The van der Waals surface area contributed by atoms with E-state index >= 15 is 0 Å². The number of nitrogens with zero attached hydrogens (tertiary/aromatic N) is 1. The molecular formula is C17H21N3O6S. The molecule has 10 heteroatoms. The Balaban J connectivity index is 1.53. The first-order chi connectivity index (χ1) is 12.9. The summed E-state index contributed by atoms with van der Waals surface area (Å²) in [5.74, 6) is -1.07. The molecule has 2 aliphatic rings. The van der Waals surface area contributed by atoms with Gasteiger partial charge in [0.05, 0.1) is 11.0 Å². The molecular weight excluding hydrogens is 374 g/mol. The summed E-state index contributed by atoms with van der Waals surface area (Å²) in [7, 11) is -3.68. The van der Waals surface area contributed by atoms with E-state index in [0.29, 0.717) is 18.7 Å². The van der Waals surface area contributed by atoms with Gasteiger partial charge >= 0.3 is 5.97 Å². The van der Waals surface area contributed by atoms with Gasteiger partial charge in [0.2, 0.25) is 0 Å². The lowest BCUT2D eigenvalue weighted by molar-refractivity contribution is -0.149.